The molecule has 0 saturated carbocycles. The molecular formula is C51H57N7O6S2. The van der Waals surface area contributed by atoms with Crippen molar-refractivity contribution in [2.24, 2.45) is 0 Å². The van der Waals surface area contributed by atoms with E-state index in [2.05, 4.69) is 32.2 Å². The number of rotatable bonds is 8. The Labute approximate surface area is 395 Å². The van der Waals surface area contributed by atoms with Gasteiger partial charge >= 0.3 is 0 Å². The third kappa shape index (κ3) is 9.45. The lowest BCUT2D eigenvalue weighted by Crippen LogP contribution is -2.41. The maximum absolute atomic E-state index is 13.5. The van der Waals surface area contributed by atoms with Gasteiger partial charge in [-0.1, -0.05) is 88.5 Å². The van der Waals surface area contributed by atoms with E-state index in [9.17, 15) is 14.4 Å². The Morgan fingerprint density at radius 2 is 1.21 bits per heavy atom. The molecule has 1 atom stereocenters. The Morgan fingerprint density at radius 3 is 1.82 bits per heavy atom. The number of thioether (sulfide) groups is 2. The Balaban J connectivity index is 0.000000176. The molecule has 344 valence electrons. The number of hydrogen-bond donors (Lipinski definition) is 0. The second-order valence-electron chi connectivity index (χ2n) is 15.7. The highest BCUT2D eigenvalue weighted by Crippen LogP contribution is 2.50. The summed E-state index contributed by atoms with van der Waals surface area (Å²) in [6.45, 7) is 21.0. The number of ether oxygens (including phenoxy) is 3. The summed E-state index contributed by atoms with van der Waals surface area (Å²) in [6.07, 6.45) is 4.61. The van der Waals surface area contributed by atoms with Crippen LogP contribution in [-0.4, -0.2) is 131 Å². The highest BCUT2D eigenvalue weighted by molar-refractivity contribution is 8.03. The number of amides is 3. The van der Waals surface area contributed by atoms with Crippen LogP contribution in [-0.2, 0) is 20.0 Å². The highest BCUT2D eigenvalue weighted by atomic mass is 32.2. The third-order valence-corrected chi connectivity index (χ3v) is 14.5. The van der Waals surface area contributed by atoms with Crippen LogP contribution >= 0.6 is 23.5 Å². The van der Waals surface area contributed by atoms with Gasteiger partial charge in [-0.25, -0.2) is 9.36 Å². The van der Waals surface area contributed by atoms with Gasteiger partial charge in [0, 0.05) is 87.9 Å². The van der Waals surface area contributed by atoms with Crippen molar-refractivity contribution < 1.29 is 28.6 Å². The van der Waals surface area contributed by atoms with Crippen LogP contribution in [0.1, 0.15) is 80.6 Å². The van der Waals surface area contributed by atoms with Crippen molar-refractivity contribution in [1.82, 2.24) is 34.3 Å². The predicted molar refractivity (Wildman–Crippen MR) is 262 cm³/mol. The minimum atomic E-state index is -0.0659. The Hall–Kier alpha value is -5.71. The molecule has 3 fully saturated rings. The van der Waals surface area contributed by atoms with Crippen LogP contribution in [0.5, 0.6) is 0 Å². The van der Waals surface area contributed by atoms with Crippen LogP contribution in [0.15, 0.2) is 114 Å². The Morgan fingerprint density at radius 1 is 0.667 bits per heavy atom. The van der Waals surface area contributed by atoms with Crippen molar-refractivity contribution in [2.45, 2.75) is 43.1 Å². The first kappa shape index (κ1) is 46.8. The summed E-state index contributed by atoms with van der Waals surface area (Å²) in [6, 6.07) is 25.7. The average Bonchev–Trinajstić information content (AvgIpc) is 4.00. The predicted octanol–water partition coefficient (Wildman–Crippen LogP) is 8.74. The number of benzene rings is 3. The molecule has 0 aliphatic carbocycles. The molecular weight excluding hydrogens is 871 g/mol. The average molecular weight is 928 g/mol. The van der Waals surface area contributed by atoms with Crippen LogP contribution in [0.25, 0.3) is 28.2 Å². The molecule has 5 aliphatic heterocycles. The molecule has 3 aromatic carbocycles. The lowest BCUT2D eigenvalue weighted by atomic mass is 9.99. The van der Waals surface area contributed by atoms with Gasteiger partial charge in [0.25, 0.3) is 17.7 Å². The lowest BCUT2D eigenvalue weighted by molar-refractivity contribution is 0.0296. The van der Waals surface area contributed by atoms with E-state index in [1.165, 1.54) is 0 Å². The van der Waals surface area contributed by atoms with Crippen molar-refractivity contribution in [1.29, 1.82) is 0 Å². The molecule has 13 nitrogen and oxygen atoms in total. The number of carbonyl (C=O) groups is 3. The van der Waals surface area contributed by atoms with Gasteiger partial charge in [-0.3, -0.25) is 14.4 Å². The van der Waals surface area contributed by atoms with E-state index < -0.39 is 0 Å². The topological polar surface area (TPSA) is 124 Å². The molecule has 5 aromatic rings. The summed E-state index contributed by atoms with van der Waals surface area (Å²) in [5.74, 6) is 0.564. The van der Waals surface area contributed by atoms with Crippen LogP contribution in [0, 0.1) is 0 Å². The maximum atomic E-state index is 13.5. The summed E-state index contributed by atoms with van der Waals surface area (Å²) in [5.41, 5.74) is 9.15. The summed E-state index contributed by atoms with van der Waals surface area (Å²) in [7, 11) is 0. The first-order chi connectivity index (χ1) is 32.4. The number of carbonyl (C=O) groups excluding carboxylic acids is 3. The molecule has 5 aliphatic rings. The second-order valence-corrected chi connectivity index (χ2v) is 18.0. The standard InChI is InChI=1S/C26H26N4O4S.C23H25N3O2S.C2H6/c31-25(28-8-12-33-13-9-28)18-4-3-5-19(16-18)30-24-20-6-1-2-7-22(20)35-17-21(24)23(27-30)26(32)29-10-14-34-15-11-29;1-4-17-18(5-2)29-19(6-3)20-21(23(27)25-12-14-28-15-13-25)24-26(22(17)20)16-10-8-7-9-11-16;1-2/h1-7,16H,8-15,17H2;4-5,7-11,19H,1-2,6,12-15H2,3H3;1-2H3. The molecule has 0 radical (unpaired) electrons. The SMILES string of the molecule is C=CC1=C(C=C)c2c(c(C(=O)N3CCOCC3)nn2-c2ccccc2)C(CC)S1.CC.O=C(c1cccc(-n2nc(C(=O)N3CCOCC3)c3c2-c2ccccc2SC3)c1)N1CCOCC1. The molecule has 0 bridgehead atoms. The quantitative estimate of drug-likeness (QED) is 0.149. The molecule has 1 unspecified atom stereocenters. The van der Waals surface area contributed by atoms with Crippen LogP contribution in [0.3, 0.4) is 0 Å². The second kappa shape index (κ2) is 21.7. The molecule has 2 aromatic heterocycles. The molecule has 10 rings (SSSR count). The van der Waals surface area contributed by atoms with E-state index in [-0.39, 0.29) is 23.0 Å². The fraction of sp³-hybridized carbons (Fsp3) is 0.353. The van der Waals surface area contributed by atoms with Gasteiger partial charge in [0.15, 0.2) is 11.4 Å². The van der Waals surface area contributed by atoms with Gasteiger partial charge in [-0.2, -0.15) is 10.2 Å². The number of fused-ring (bicyclic) bond motifs is 4. The van der Waals surface area contributed by atoms with Gasteiger partial charge < -0.3 is 28.9 Å². The molecule has 66 heavy (non-hydrogen) atoms. The first-order valence-electron chi connectivity index (χ1n) is 22.8. The Kier molecular flexibility index (Phi) is 15.4. The Bertz CT molecular complexity index is 2600. The van der Waals surface area contributed by atoms with E-state index in [1.54, 1.807) is 23.5 Å². The van der Waals surface area contributed by atoms with E-state index in [0.717, 1.165) is 61.2 Å². The summed E-state index contributed by atoms with van der Waals surface area (Å²) in [4.78, 5) is 47.8. The van der Waals surface area contributed by atoms with Crippen molar-refractivity contribution >= 4 is 46.8 Å². The van der Waals surface area contributed by atoms with E-state index in [0.29, 0.717) is 102 Å². The number of para-hydroxylation sites is 1. The van der Waals surface area contributed by atoms with Crippen LogP contribution in [0.4, 0.5) is 0 Å². The fourth-order valence-corrected chi connectivity index (χ4v) is 10.9. The normalized spacial score (nSPS) is 17.8. The number of aromatic nitrogens is 4. The zero-order chi connectivity index (χ0) is 46.2. The van der Waals surface area contributed by atoms with E-state index in [4.69, 9.17) is 24.4 Å². The third-order valence-electron chi connectivity index (χ3n) is 11.9. The lowest BCUT2D eigenvalue weighted by Gasteiger charge is -2.28. The maximum Gasteiger partial charge on any atom is 0.274 e. The number of morpholine rings is 3. The fourth-order valence-electron chi connectivity index (χ4n) is 8.66. The number of hydrogen-bond acceptors (Lipinski definition) is 10. The summed E-state index contributed by atoms with van der Waals surface area (Å²) in [5, 5.41) is 9.87. The van der Waals surface area contributed by atoms with Crippen LogP contribution < -0.4 is 0 Å². The monoisotopic (exact) mass is 927 g/mol. The minimum Gasteiger partial charge on any atom is -0.378 e. The zero-order valence-electron chi connectivity index (χ0n) is 37.9. The molecule has 7 heterocycles. The van der Waals surface area contributed by atoms with Crippen LogP contribution in [0.2, 0.25) is 0 Å². The molecule has 0 spiro atoms. The van der Waals surface area contributed by atoms with Gasteiger partial charge in [0.2, 0.25) is 0 Å². The first-order valence-corrected chi connectivity index (χ1v) is 24.7. The summed E-state index contributed by atoms with van der Waals surface area (Å²) < 4.78 is 20.0. The highest BCUT2D eigenvalue weighted by Gasteiger charge is 2.37. The van der Waals surface area contributed by atoms with Crippen molar-refractivity contribution in [3.63, 3.8) is 0 Å². The molecule has 3 saturated heterocycles. The summed E-state index contributed by atoms with van der Waals surface area (Å²) >= 11 is 3.46. The zero-order valence-corrected chi connectivity index (χ0v) is 39.6. The van der Waals surface area contributed by atoms with Gasteiger partial charge in [-0.05, 0) is 42.8 Å². The van der Waals surface area contributed by atoms with Gasteiger partial charge in [0.1, 0.15) is 0 Å². The molecule has 15 heteroatoms. The molecule has 3 amide bonds. The van der Waals surface area contributed by atoms with Gasteiger partial charge in [-0.15, -0.1) is 23.5 Å². The minimum absolute atomic E-state index is 0.0169. The smallest absolute Gasteiger partial charge is 0.274 e. The largest absolute Gasteiger partial charge is 0.378 e. The van der Waals surface area contributed by atoms with Gasteiger partial charge in [0.05, 0.1) is 62.4 Å². The van der Waals surface area contributed by atoms with E-state index >= 15 is 0 Å². The van der Waals surface area contributed by atoms with E-state index in [1.807, 2.05) is 117 Å². The van der Waals surface area contributed by atoms with Crippen molar-refractivity contribution in [3.8, 4) is 22.6 Å². The van der Waals surface area contributed by atoms with Crippen molar-refractivity contribution in [2.75, 3.05) is 78.9 Å². The molecule has 0 N–H and O–H groups in total. The number of allylic oxidation sites excluding steroid dienone is 3. The number of nitrogens with zero attached hydrogens (tertiary/aromatic N) is 7. The van der Waals surface area contributed by atoms with Crippen molar-refractivity contribution in [3.05, 3.63) is 143 Å².